The fourth-order valence-corrected chi connectivity index (χ4v) is 4.34. The molecule has 3 atom stereocenters. The summed E-state index contributed by atoms with van der Waals surface area (Å²) in [4.78, 5) is 5.03. The number of oxime groups is 1. The predicted molar refractivity (Wildman–Crippen MR) is 66.9 cm³/mol. The summed E-state index contributed by atoms with van der Waals surface area (Å²) in [5.74, 6) is 0.832. The third kappa shape index (κ3) is 1.24. The lowest BCUT2D eigenvalue weighted by Gasteiger charge is -2.36. The molecule has 2 aliphatic carbocycles. The zero-order chi connectivity index (χ0) is 10.4. The van der Waals surface area contributed by atoms with Crippen LogP contribution < -0.4 is 0 Å². The Balaban J connectivity index is 2.40. The van der Waals surface area contributed by atoms with Crippen molar-refractivity contribution in [3.63, 3.8) is 0 Å². The molecule has 0 N–H and O–H groups in total. The third-order valence-electron chi connectivity index (χ3n) is 4.22. The maximum Gasteiger partial charge on any atom is 0.106 e. The molecule has 0 aromatic heterocycles. The average Bonchev–Trinajstić information content (AvgIpc) is 2.64. The van der Waals surface area contributed by atoms with Gasteiger partial charge < -0.3 is 4.84 Å². The average molecular weight is 307 g/mol. The molecule has 2 fully saturated rings. The van der Waals surface area contributed by atoms with Crippen LogP contribution in [-0.4, -0.2) is 17.2 Å². The zero-order valence-corrected chi connectivity index (χ0v) is 11.3. The lowest BCUT2D eigenvalue weighted by molar-refractivity contribution is 0.200. The van der Waals surface area contributed by atoms with Crippen LogP contribution in [0.5, 0.6) is 0 Å². The zero-order valence-electron chi connectivity index (χ0n) is 9.14. The van der Waals surface area contributed by atoms with Gasteiger partial charge in [-0.25, -0.2) is 0 Å². The Labute approximate surface area is 99.6 Å². The third-order valence-corrected chi connectivity index (χ3v) is 5.80. The van der Waals surface area contributed by atoms with Gasteiger partial charge in [0.2, 0.25) is 0 Å². The second kappa shape index (κ2) is 3.35. The number of hydrogen-bond acceptors (Lipinski definition) is 2. The molecule has 14 heavy (non-hydrogen) atoms. The van der Waals surface area contributed by atoms with E-state index in [0.29, 0.717) is 10.8 Å². The fourth-order valence-electron chi connectivity index (χ4n) is 3.36. The number of fused-ring (bicyclic) bond motifs is 2. The van der Waals surface area contributed by atoms with Gasteiger partial charge in [0.15, 0.2) is 0 Å². The molecule has 2 aliphatic rings. The van der Waals surface area contributed by atoms with Crippen molar-refractivity contribution in [3.8, 4) is 0 Å². The van der Waals surface area contributed by atoms with Crippen LogP contribution >= 0.6 is 22.6 Å². The molecule has 0 heterocycles. The van der Waals surface area contributed by atoms with Gasteiger partial charge in [0.25, 0.3) is 0 Å². The molecule has 0 saturated heterocycles. The summed E-state index contributed by atoms with van der Waals surface area (Å²) in [7, 11) is 1.66. The smallest absolute Gasteiger partial charge is 0.106 e. The number of hydrogen-bond donors (Lipinski definition) is 0. The van der Waals surface area contributed by atoms with Crippen LogP contribution in [0.2, 0.25) is 0 Å². The fraction of sp³-hybridized carbons (Fsp3) is 0.909. The Bertz CT molecular complexity index is 278. The minimum atomic E-state index is 0.295. The molecular formula is C11H18INO. The van der Waals surface area contributed by atoms with Crippen molar-refractivity contribution >= 4 is 28.3 Å². The van der Waals surface area contributed by atoms with Crippen LogP contribution in [0.4, 0.5) is 0 Å². The van der Waals surface area contributed by atoms with Gasteiger partial charge in [0, 0.05) is 15.3 Å². The number of halogens is 1. The molecule has 2 nitrogen and oxygen atoms in total. The highest BCUT2D eigenvalue weighted by Crippen LogP contribution is 2.61. The summed E-state index contributed by atoms with van der Waals surface area (Å²) in [5, 5.41) is 4.31. The first-order chi connectivity index (χ1) is 6.57. The molecular weight excluding hydrogens is 289 g/mol. The van der Waals surface area contributed by atoms with Gasteiger partial charge in [0.05, 0.1) is 5.71 Å². The maximum atomic E-state index is 5.03. The van der Waals surface area contributed by atoms with E-state index in [0.717, 1.165) is 10.3 Å². The van der Waals surface area contributed by atoms with Gasteiger partial charge in [0.1, 0.15) is 7.11 Å². The SMILES string of the molecule is CO/N=C1/C(C)(CI)[C@@H]2CC[C@@]1(C)C2. The van der Waals surface area contributed by atoms with Crippen LogP contribution in [0.1, 0.15) is 33.1 Å². The molecule has 0 amide bonds. The monoisotopic (exact) mass is 307 g/mol. The summed E-state index contributed by atoms with van der Waals surface area (Å²) >= 11 is 2.49. The molecule has 0 aromatic rings. The Morgan fingerprint density at radius 1 is 1.57 bits per heavy atom. The first-order valence-electron chi connectivity index (χ1n) is 5.25. The van der Waals surface area contributed by atoms with Crippen molar-refractivity contribution in [1.29, 1.82) is 0 Å². The lowest BCUT2D eigenvalue weighted by atomic mass is 9.71. The van der Waals surface area contributed by atoms with Gasteiger partial charge in [-0.05, 0) is 25.2 Å². The molecule has 0 radical (unpaired) electrons. The van der Waals surface area contributed by atoms with Crippen molar-refractivity contribution < 1.29 is 4.84 Å². The van der Waals surface area contributed by atoms with E-state index < -0.39 is 0 Å². The molecule has 2 rings (SSSR count). The lowest BCUT2D eigenvalue weighted by Crippen LogP contribution is -2.39. The normalized spacial score (nSPS) is 48.9. The van der Waals surface area contributed by atoms with E-state index in [1.165, 1.54) is 25.0 Å². The quantitative estimate of drug-likeness (QED) is 0.436. The first-order valence-corrected chi connectivity index (χ1v) is 6.77. The van der Waals surface area contributed by atoms with Crippen molar-refractivity contribution in [2.75, 3.05) is 11.5 Å². The Morgan fingerprint density at radius 2 is 2.29 bits per heavy atom. The first kappa shape index (κ1) is 10.7. The minimum Gasteiger partial charge on any atom is -0.399 e. The molecule has 3 heteroatoms. The van der Waals surface area contributed by atoms with E-state index in [1.54, 1.807) is 7.11 Å². The van der Waals surface area contributed by atoms with E-state index in [2.05, 4.69) is 41.6 Å². The van der Waals surface area contributed by atoms with Gasteiger partial charge in [-0.2, -0.15) is 0 Å². The van der Waals surface area contributed by atoms with Crippen LogP contribution in [0.15, 0.2) is 5.16 Å². The summed E-state index contributed by atoms with van der Waals surface area (Å²) in [6, 6.07) is 0. The molecule has 2 saturated carbocycles. The van der Waals surface area contributed by atoms with Crippen LogP contribution in [0.25, 0.3) is 0 Å². The van der Waals surface area contributed by atoms with Crippen molar-refractivity contribution in [1.82, 2.24) is 0 Å². The number of nitrogens with zero attached hydrogens (tertiary/aromatic N) is 1. The van der Waals surface area contributed by atoms with E-state index in [1.807, 2.05) is 0 Å². The summed E-state index contributed by atoms with van der Waals surface area (Å²) in [5.41, 5.74) is 1.95. The van der Waals surface area contributed by atoms with Crippen LogP contribution in [0.3, 0.4) is 0 Å². The Kier molecular flexibility index (Phi) is 2.57. The van der Waals surface area contributed by atoms with Crippen molar-refractivity contribution in [2.45, 2.75) is 33.1 Å². The number of alkyl halides is 1. The van der Waals surface area contributed by atoms with Gasteiger partial charge in [-0.15, -0.1) is 0 Å². The highest BCUT2D eigenvalue weighted by atomic mass is 127. The Morgan fingerprint density at radius 3 is 2.86 bits per heavy atom. The second-order valence-corrected chi connectivity index (χ2v) is 5.94. The Hall–Kier alpha value is 0.200. The van der Waals surface area contributed by atoms with E-state index in [9.17, 15) is 0 Å². The highest BCUT2D eigenvalue weighted by molar-refractivity contribution is 14.1. The molecule has 0 aliphatic heterocycles. The maximum absolute atomic E-state index is 5.03. The predicted octanol–water partition coefficient (Wildman–Crippen LogP) is 3.25. The molecule has 1 unspecified atom stereocenters. The minimum absolute atomic E-state index is 0.295. The van der Waals surface area contributed by atoms with Gasteiger partial charge in [-0.1, -0.05) is 41.6 Å². The number of rotatable bonds is 2. The molecule has 0 spiro atoms. The standard InChI is InChI=1S/C11H18INO/c1-10-5-4-8(6-10)11(2,7-12)9(10)13-14-3/h8H,4-7H2,1-3H3/b13-9+/t8-,10+,11?/m1/s1. The van der Waals surface area contributed by atoms with E-state index in [4.69, 9.17) is 4.84 Å². The largest absolute Gasteiger partial charge is 0.399 e. The molecule has 2 bridgehead atoms. The van der Waals surface area contributed by atoms with E-state index >= 15 is 0 Å². The van der Waals surface area contributed by atoms with E-state index in [-0.39, 0.29) is 0 Å². The summed E-state index contributed by atoms with van der Waals surface area (Å²) in [6.45, 7) is 4.70. The van der Waals surface area contributed by atoms with Crippen molar-refractivity contribution in [2.24, 2.45) is 21.9 Å². The topological polar surface area (TPSA) is 21.6 Å². The molecule has 80 valence electrons. The van der Waals surface area contributed by atoms with Crippen molar-refractivity contribution in [3.05, 3.63) is 0 Å². The summed E-state index contributed by atoms with van der Waals surface area (Å²) in [6.07, 6.45) is 3.99. The van der Waals surface area contributed by atoms with Gasteiger partial charge >= 0.3 is 0 Å². The second-order valence-electron chi connectivity index (χ2n) is 5.17. The van der Waals surface area contributed by atoms with Crippen LogP contribution in [0, 0.1) is 16.7 Å². The van der Waals surface area contributed by atoms with Crippen LogP contribution in [-0.2, 0) is 4.84 Å². The van der Waals surface area contributed by atoms with Gasteiger partial charge in [-0.3, -0.25) is 0 Å². The summed E-state index contributed by atoms with van der Waals surface area (Å²) < 4.78 is 1.16. The highest BCUT2D eigenvalue weighted by Gasteiger charge is 2.59. The molecule has 0 aromatic carbocycles.